The molecule has 188 valence electrons. The summed E-state index contributed by atoms with van der Waals surface area (Å²) in [5.41, 5.74) is 6.86. The monoisotopic (exact) mass is 529 g/mol. The van der Waals surface area contributed by atoms with Crippen LogP contribution < -0.4 is 10.6 Å². The highest BCUT2D eigenvalue weighted by Gasteiger charge is 2.47. The van der Waals surface area contributed by atoms with Gasteiger partial charge >= 0.3 is 0 Å². The molecule has 1 atom stereocenters. The fourth-order valence-electron chi connectivity index (χ4n) is 4.28. The van der Waals surface area contributed by atoms with Gasteiger partial charge in [-0.15, -0.1) is 0 Å². The van der Waals surface area contributed by atoms with Gasteiger partial charge in [-0.05, 0) is 39.0 Å². The molecule has 13 heteroatoms. The highest BCUT2D eigenvalue weighted by Crippen LogP contribution is 2.36. The molecule has 2 aromatic heterocycles. The number of hydrogen-bond donors (Lipinski definition) is 1. The van der Waals surface area contributed by atoms with Crippen molar-refractivity contribution in [1.82, 2.24) is 19.5 Å². The van der Waals surface area contributed by atoms with Crippen LogP contribution in [-0.2, 0) is 19.4 Å². The minimum Gasteiger partial charge on any atom is -0.382 e. The Labute approximate surface area is 213 Å². The third-order valence-corrected chi connectivity index (χ3v) is 8.26. The smallest absolute Gasteiger partial charge is 0.252 e. The second-order valence-corrected chi connectivity index (χ2v) is 11.9. The van der Waals surface area contributed by atoms with Crippen LogP contribution in [0.25, 0.3) is 16.8 Å². The van der Waals surface area contributed by atoms with Crippen LogP contribution in [0, 0.1) is 11.3 Å². The van der Waals surface area contributed by atoms with Crippen LogP contribution in [0.4, 0.5) is 11.5 Å². The highest BCUT2D eigenvalue weighted by atomic mass is 35.5. The molecule has 4 rings (SSSR count). The van der Waals surface area contributed by atoms with Gasteiger partial charge in [0.05, 0.1) is 22.0 Å². The summed E-state index contributed by atoms with van der Waals surface area (Å²) in [6, 6.07) is 8.76. The van der Waals surface area contributed by atoms with E-state index in [1.54, 1.807) is 38.1 Å². The number of anilines is 2. The largest absolute Gasteiger partial charge is 0.382 e. The van der Waals surface area contributed by atoms with Crippen molar-refractivity contribution in [2.75, 3.05) is 30.0 Å². The topological polar surface area (TPSA) is 155 Å². The average Bonchev–Trinajstić information content (AvgIpc) is 3.16. The fraction of sp³-hybridized carbons (Fsp3) is 0.348. The molecule has 1 fully saturated rings. The summed E-state index contributed by atoms with van der Waals surface area (Å²) in [5, 5.41) is 13.1. The van der Waals surface area contributed by atoms with Crippen molar-refractivity contribution >= 4 is 50.3 Å². The lowest BCUT2D eigenvalue weighted by molar-refractivity contribution is -0.146. The summed E-state index contributed by atoms with van der Waals surface area (Å²) in [7, 11) is -3.64. The predicted octanol–water partition coefficient (Wildman–Crippen LogP) is 1.89. The maximum absolute atomic E-state index is 13.6. The van der Waals surface area contributed by atoms with Crippen molar-refractivity contribution in [3.8, 4) is 17.3 Å². The van der Waals surface area contributed by atoms with E-state index in [9.17, 15) is 23.3 Å². The van der Waals surface area contributed by atoms with Crippen LogP contribution in [0.3, 0.4) is 0 Å². The molecule has 36 heavy (non-hydrogen) atoms. The Morgan fingerprint density at radius 2 is 1.97 bits per heavy atom. The Hall–Kier alpha value is -3.69. The minimum atomic E-state index is -3.64. The van der Waals surface area contributed by atoms with Crippen molar-refractivity contribution < 1.29 is 18.0 Å². The summed E-state index contributed by atoms with van der Waals surface area (Å²) in [6.45, 7) is 4.60. The number of nitrogen functional groups attached to an aromatic ring is 1. The van der Waals surface area contributed by atoms with Crippen molar-refractivity contribution in [1.29, 1.82) is 5.26 Å². The molecule has 1 saturated heterocycles. The summed E-state index contributed by atoms with van der Waals surface area (Å²) in [6.07, 6.45) is 2.29. The number of carbonyl (C=O) groups is 2. The number of piperazine rings is 1. The number of nitrogens with two attached hydrogens (primary N) is 1. The Kier molecular flexibility index (Phi) is 6.18. The van der Waals surface area contributed by atoms with Gasteiger partial charge in [-0.3, -0.25) is 9.59 Å². The van der Waals surface area contributed by atoms with E-state index in [1.165, 1.54) is 27.6 Å². The number of hydrogen-bond acceptors (Lipinski definition) is 8. The lowest BCUT2D eigenvalue weighted by Crippen LogP contribution is -2.66. The standard InChI is InChI=1S/C23H24ClN7O4S/c1-13(36(4,34)35)21(32)30-8-7-29(22(33)23(30,2)3)17-9-14(5-6-15(17)11-25)18-10-16(24)19-20(26)27-12-28-31(18)19/h5-6,9-10,12-13H,7-8H2,1-4H3,(H2,26,27,28). The molecule has 1 unspecified atom stereocenters. The van der Waals surface area contributed by atoms with Gasteiger partial charge in [0.15, 0.2) is 15.7 Å². The van der Waals surface area contributed by atoms with Gasteiger partial charge in [-0.2, -0.15) is 10.4 Å². The number of rotatable bonds is 4. The van der Waals surface area contributed by atoms with Crippen LogP contribution in [-0.4, -0.2) is 69.9 Å². The number of halogens is 1. The number of amides is 2. The number of nitrogens with zero attached hydrogens (tertiary/aromatic N) is 6. The van der Waals surface area contributed by atoms with Crippen LogP contribution >= 0.6 is 11.6 Å². The van der Waals surface area contributed by atoms with E-state index in [0.29, 0.717) is 27.5 Å². The van der Waals surface area contributed by atoms with Crippen LogP contribution in [0.1, 0.15) is 26.3 Å². The van der Waals surface area contributed by atoms with Crippen molar-refractivity contribution in [2.45, 2.75) is 31.6 Å². The zero-order valence-corrected chi connectivity index (χ0v) is 21.6. The number of carbonyl (C=O) groups excluding carboxylic acids is 2. The van der Waals surface area contributed by atoms with Gasteiger partial charge in [-0.25, -0.2) is 17.9 Å². The summed E-state index contributed by atoms with van der Waals surface area (Å²) in [5.74, 6) is -0.881. The molecule has 1 aliphatic rings. The molecule has 0 bridgehead atoms. The normalized spacial score (nSPS) is 16.7. The number of benzene rings is 1. The van der Waals surface area contributed by atoms with E-state index in [0.717, 1.165) is 6.26 Å². The molecule has 0 saturated carbocycles. The fourth-order valence-corrected chi connectivity index (χ4v) is 5.06. The van der Waals surface area contributed by atoms with E-state index in [2.05, 4.69) is 16.2 Å². The van der Waals surface area contributed by atoms with Gasteiger partial charge in [0.25, 0.3) is 5.91 Å². The molecule has 3 heterocycles. The maximum atomic E-state index is 13.6. The second kappa shape index (κ2) is 8.76. The van der Waals surface area contributed by atoms with E-state index < -0.39 is 32.4 Å². The van der Waals surface area contributed by atoms with Gasteiger partial charge in [0.1, 0.15) is 28.7 Å². The molecule has 0 spiro atoms. The Balaban J connectivity index is 1.76. The summed E-state index contributed by atoms with van der Waals surface area (Å²) < 4.78 is 25.4. The molecule has 11 nitrogen and oxygen atoms in total. The van der Waals surface area contributed by atoms with Crippen molar-refractivity contribution in [3.05, 3.63) is 41.2 Å². The Morgan fingerprint density at radius 3 is 2.61 bits per heavy atom. The predicted molar refractivity (Wildman–Crippen MR) is 135 cm³/mol. The van der Waals surface area contributed by atoms with Crippen molar-refractivity contribution in [3.63, 3.8) is 0 Å². The van der Waals surface area contributed by atoms with Gasteiger partial charge in [-0.1, -0.05) is 17.7 Å². The van der Waals surface area contributed by atoms with Crippen molar-refractivity contribution in [2.24, 2.45) is 0 Å². The molecule has 1 aromatic carbocycles. The molecule has 3 aromatic rings. The Morgan fingerprint density at radius 1 is 1.28 bits per heavy atom. The average molecular weight is 530 g/mol. The lowest BCUT2D eigenvalue weighted by Gasteiger charge is -2.46. The number of sulfone groups is 1. The van der Waals surface area contributed by atoms with Crippen LogP contribution in [0.5, 0.6) is 0 Å². The number of nitriles is 1. The van der Waals surface area contributed by atoms with Gasteiger partial charge in [0.2, 0.25) is 5.91 Å². The van der Waals surface area contributed by atoms with E-state index in [4.69, 9.17) is 17.3 Å². The Bertz CT molecular complexity index is 1560. The highest BCUT2D eigenvalue weighted by molar-refractivity contribution is 7.92. The molecule has 1 aliphatic heterocycles. The summed E-state index contributed by atoms with van der Waals surface area (Å²) >= 11 is 6.37. The van der Waals surface area contributed by atoms with Gasteiger partial charge in [0, 0.05) is 24.9 Å². The number of fused-ring (bicyclic) bond motifs is 1. The third kappa shape index (κ3) is 4.04. The molecular weight excluding hydrogens is 506 g/mol. The molecule has 2 N–H and O–H groups in total. The molecule has 0 radical (unpaired) electrons. The first kappa shape index (κ1) is 25.4. The van der Waals surface area contributed by atoms with E-state index >= 15 is 0 Å². The first-order chi connectivity index (χ1) is 16.8. The van der Waals surface area contributed by atoms with Crippen LogP contribution in [0.15, 0.2) is 30.6 Å². The zero-order chi connectivity index (χ0) is 26.6. The first-order valence-corrected chi connectivity index (χ1v) is 13.3. The summed E-state index contributed by atoms with van der Waals surface area (Å²) in [4.78, 5) is 33.3. The molecule has 2 amide bonds. The van der Waals surface area contributed by atoms with E-state index in [1.807, 2.05) is 0 Å². The second-order valence-electron chi connectivity index (χ2n) is 9.10. The number of aromatic nitrogens is 3. The molecule has 0 aliphatic carbocycles. The minimum absolute atomic E-state index is 0.0768. The molecular formula is C23H24ClN7O4S. The van der Waals surface area contributed by atoms with Gasteiger partial charge < -0.3 is 15.5 Å². The third-order valence-electron chi connectivity index (χ3n) is 6.49. The quantitative estimate of drug-likeness (QED) is 0.537. The van der Waals surface area contributed by atoms with Crippen LogP contribution in [0.2, 0.25) is 5.02 Å². The maximum Gasteiger partial charge on any atom is 0.252 e. The first-order valence-electron chi connectivity index (χ1n) is 10.9. The SMILES string of the molecule is CC(C(=O)N1CCN(c2cc(-c3cc(Cl)c4c(N)ncnn34)ccc2C#N)C(=O)C1(C)C)S(C)(=O)=O. The van der Waals surface area contributed by atoms with E-state index in [-0.39, 0.29) is 24.5 Å². The lowest BCUT2D eigenvalue weighted by atomic mass is 9.95. The zero-order valence-electron chi connectivity index (χ0n) is 20.1.